The van der Waals surface area contributed by atoms with Crippen LogP contribution in [0.4, 0.5) is 0 Å². The summed E-state index contributed by atoms with van der Waals surface area (Å²) in [6.07, 6.45) is 4.33. The minimum atomic E-state index is -0.949. The number of nitrogens with zero attached hydrogens (tertiary/aromatic N) is 1. The number of aliphatic carboxylic acids is 1. The van der Waals surface area contributed by atoms with Gasteiger partial charge >= 0.3 is 5.97 Å². The van der Waals surface area contributed by atoms with Crippen LogP contribution < -0.4 is 10.6 Å². The third kappa shape index (κ3) is 7.14. The number of carbonyl (C=O) groups is 4. The molecule has 0 aromatic carbocycles. The predicted octanol–water partition coefficient (Wildman–Crippen LogP) is 0.242. The topological polar surface area (TPSA) is 136 Å². The van der Waals surface area contributed by atoms with Crippen LogP contribution >= 0.6 is 0 Å². The maximum atomic E-state index is 12.9. The monoisotopic (exact) mass is 425 g/mol. The van der Waals surface area contributed by atoms with Crippen molar-refractivity contribution in [1.29, 1.82) is 0 Å². The summed E-state index contributed by atoms with van der Waals surface area (Å²) >= 11 is 0. The summed E-state index contributed by atoms with van der Waals surface area (Å²) in [5, 5.41) is 25.3. The highest BCUT2D eigenvalue weighted by atomic mass is 16.4. The van der Waals surface area contributed by atoms with Gasteiger partial charge in [-0.3, -0.25) is 19.2 Å². The fraction of sp³-hybridized carbons (Fsp3) is 0.810. The zero-order chi connectivity index (χ0) is 22.1. The lowest BCUT2D eigenvalue weighted by atomic mass is 9.91. The molecule has 170 valence electrons. The molecule has 2 saturated heterocycles. The molecule has 2 aliphatic heterocycles. The number of rotatable bonds is 4. The van der Waals surface area contributed by atoms with Crippen molar-refractivity contribution in [1.82, 2.24) is 15.5 Å². The number of nitrogens with one attached hydrogen (secondary N) is 2. The van der Waals surface area contributed by atoms with Crippen molar-refractivity contribution in [3.63, 3.8) is 0 Å². The maximum absolute atomic E-state index is 12.9. The van der Waals surface area contributed by atoms with Gasteiger partial charge in [0.05, 0.1) is 24.7 Å². The maximum Gasteiger partial charge on any atom is 0.303 e. The molecule has 1 unspecified atom stereocenters. The SMILES string of the molecule is C[C@H](O)[C@@H]1NCCCCCCCN[C@@H](CCC(=O)O)C(=O)CCC2C(=O)CN2C1=O. The summed E-state index contributed by atoms with van der Waals surface area (Å²) < 4.78 is 0. The van der Waals surface area contributed by atoms with Crippen LogP contribution in [-0.4, -0.2) is 82.4 Å². The van der Waals surface area contributed by atoms with E-state index in [2.05, 4.69) is 10.6 Å². The van der Waals surface area contributed by atoms with Crippen LogP contribution in [0.2, 0.25) is 0 Å². The second-order valence-electron chi connectivity index (χ2n) is 8.33. The number of ketones is 2. The normalized spacial score (nSPS) is 28.9. The van der Waals surface area contributed by atoms with Crippen LogP contribution in [0, 0.1) is 0 Å². The van der Waals surface area contributed by atoms with E-state index in [9.17, 15) is 24.3 Å². The van der Waals surface area contributed by atoms with E-state index in [0.29, 0.717) is 13.1 Å². The molecule has 0 bridgehead atoms. The van der Waals surface area contributed by atoms with Crippen LogP contribution in [0.15, 0.2) is 0 Å². The van der Waals surface area contributed by atoms with Gasteiger partial charge in [-0.25, -0.2) is 0 Å². The number of aliphatic hydroxyl groups is 1. The van der Waals surface area contributed by atoms with Gasteiger partial charge in [-0.15, -0.1) is 0 Å². The first kappa shape index (κ1) is 24.4. The first-order chi connectivity index (χ1) is 14.3. The van der Waals surface area contributed by atoms with Crippen molar-refractivity contribution in [3.8, 4) is 0 Å². The number of Topliss-reactive ketones (excluding diaryl/α,β-unsaturated/α-hetero) is 2. The van der Waals surface area contributed by atoms with Crippen molar-refractivity contribution < 1.29 is 29.4 Å². The Balaban J connectivity index is 2.07. The number of hydrogen-bond acceptors (Lipinski definition) is 7. The molecule has 30 heavy (non-hydrogen) atoms. The molecule has 9 heteroatoms. The van der Waals surface area contributed by atoms with Crippen molar-refractivity contribution in [2.75, 3.05) is 19.6 Å². The van der Waals surface area contributed by atoms with Crippen LogP contribution in [0.5, 0.6) is 0 Å². The lowest BCUT2D eigenvalue weighted by molar-refractivity contribution is -0.155. The highest BCUT2D eigenvalue weighted by Gasteiger charge is 2.43. The minimum absolute atomic E-state index is 0.00326. The second-order valence-corrected chi connectivity index (χ2v) is 8.33. The molecule has 1 amide bonds. The fourth-order valence-electron chi connectivity index (χ4n) is 4.05. The van der Waals surface area contributed by atoms with Crippen molar-refractivity contribution in [2.45, 2.75) is 88.9 Å². The summed E-state index contributed by atoms with van der Waals surface area (Å²) in [5.74, 6) is -1.48. The first-order valence-corrected chi connectivity index (χ1v) is 11.0. The van der Waals surface area contributed by atoms with Gasteiger partial charge in [0.1, 0.15) is 11.8 Å². The van der Waals surface area contributed by atoms with Gasteiger partial charge in [0.15, 0.2) is 5.78 Å². The van der Waals surface area contributed by atoms with E-state index in [1.165, 1.54) is 4.90 Å². The Morgan fingerprint density at radius 2 is 1.70 bits per heavy atom. The molecular weight excluding hydrogens is 390 g/mol. The molecular formula is C21H35N3O6. The zero-order valence-electron chi connectivity index (χ0n) is 17.8. The number of carboxylic acids is 1. The highest BCUT2D eigenvalue weighted by molar-refractivity contribution is 6.01. The van der Waals surface area contributed by atoms with E-state index in [1.54, 1.807) is 6.92 Å². The smallest absolute Gasteiger partial charge is 0.303 e. The summed E-state index contributed by atoms with van der Waals surface area (Å²) in [5.41, 5.74) is 0. The molecule has 4 atom stereocenters. The van der Waals surface area contributed by atoms with E-state index in [4.69, 9.17) is 5.11 Å². The Hall–Kier alpha value is -1.84. The van der Waals surface area contributed by atoms with Gasteiger partial charge in [0, 0.05) is 12.8 Å². The highest BCUT2D eigenvalue weighted by Crippen LogP contribution is 2.22. The van der Waals surface area contributed by atoms with Crippen LogP contribution in [0.3, 0.4) is 0 Å². The Morgan fingerprint density at radius 1 is 1.07 bits per heavy atom. The number of fused-ring (bicyclic) bond motifs is 1. The second kappa shape index (κ2) is 12.1. The van der Waals surface area contributed by atoms with E-state index < -0.39 is 30.2 Å². The molecule has 0 aliphatic carbocycles. The lowest BCUT2D eigenvalue weighted by Crippen LogP contribution is -2.65. The summed E-state index contributed by atoms with van der Waals surface area (Å²) in [4.78, 5) is 50.0. The molecule has 2 rings (SSSR count). The van der Waals surface area contributed by atoms with Gasteiger partial charge < -0.3 is 25.7 Å². The Labute approximate surface area is 177 Å². The minimum Gasteiger partial charge on any atom is -0.481 e. The summed E-state index contributed by atoms with van der Waals surface area (Å²) in [6, 6.07) is -1.97. The molecule has 0 aromatic rings. The van der Waals surface area contributed by atoms with Crippen LogP contribution in [0.25, 0.3) is 0 Å². The predicted molar refractivity (Wildman–Crippen MR) is 110 cm³/mol. The molecule has 2 fully saturated rings. The van der Waals surface area contributed by atoms with E-state index in [1.807, 2.05) is 0 Å². The quantitative estimate of drug-likeness (QED) is 0.503. The molecule has 0 aromatic heterocycles. The van der Waals surface area contributed by atoms with Crippen LogP contribution in [-0.2, 0) is 19.2 Å². The molecule has 2 heterocycles. The Kier molecular flexibility index (Phi) is 9.87. The third-order valence-electron chi connectivity index (χ3n) is 5.91. The van der Waals surface area contributed by atoms with E-state index in [-0.39, 0.29) is 49.7 Å². The summed E-state index contributed by atoms with van der Waals surface area (Å²) in [6.45, 7) is 2.81. The average molecular weight is 426 g/mol. The number of amides is 1. The lowest BCUT2D eigenvalue weighted by Gasteiger charge is -2.41. The average Bonchev–Trinajstić information content (AvgIpc) is 2.68. The van der Waals surface area contributed by atoms with Gasteiger partial charge in [-0.1, -0.05) is 19.3 Å². The van der Waals surface area contributed by atoms with Gasteiger partial charge in [0.2, 0.25) is 5.91 Å². The number of aliphatic hydroxyl groups excluding tert-OH is 1. The molecule has 0 radical (unpaired) electrons. The van der Waals surface area contributed by atoms with Crippen molar-refractivity contribution in [3.05, 3.63) is 0 Å². The number of carbonyl (C=O) groups excluding carboxylic acids is 3. The fourth-order valence-corrected chi connectivity index (χ4v) is 4.05. The first-order valence-electron chi connectivity index (χ1n) is 11.0. The van der Waals surface area contributed by atoms with Gasteiger partial charge in [0.25, 0.3) is 0 Å². The standard InChI is InChI=1S/C21H35N3O6/c1-14(25)20-21(30)24-13-18(27)16(24)8-9-17(26)15(7-10-19(28)29)22-11-5-3-2-4-6-12-23-20/h14-16,20,22-23,25H,2-13H2,1H3,(H,28,29)/t14-,15-,16?,20-/m0/s1. The van der Waals surface area contributed by atoms with E-state index >= 15 is 0 Å². The molecule has 2 aliphatic rings. The largest absolute Gasteiger partial charge is 0.481 e. The Bertz CT molecular complexity index is 624. The number of hydrogen-bond donors (Lipinski definition) is 4. The van der Waals surface area contributed by atoms with Gasteiger partial charge in [-0.2, -0.15) is 0 Å². The van der Waals surface area contributed by atoms with Crippen LogP contribution in [0.1, 0.15) is 64.7 Å². The van der Waals surface area contributed by atoms with Gasteiger partial charge in [-0.05, 0) is 45.7 Å². The van der Waals surface area contributed by atoms with Crippen molar-refractivity contribution >= 4 is 23.4 Å². The molecule has 0 spiro atoms. The van der Waals surface area contributed by atoms with Crippen molar-refractivity contribution in [2.24, 2.45) is 0 Å². The molecule has 0 saturated carbocycles. The zero-order valence-corrected chi connectivity index (χ0v) is 17.8. The third-order valence-corrected chi connectivity index (χ3v) is 5.91. The molecule has 4 N–H and O–H groups in total. The summed E-state index contributed by atoms with van der Waals surface area (Å²) in [7, 11) is 0. The van der Waals surface area contributed by atoms with E-state index in [0.717, 1.165) is 32.1 Å². The Morgan fingerprint density at radius 3 is 2.30 bits per heavy atom. The molecule has 9 nitrogen and oxygen atoms in total. The number of carboxylic acid groups (broad SMARTS) is 1.